The molecule has 0 aliphatic rings. The molecule has 0 aliphatic heterocycles. The van der Waals surface area contributed by atoms with Gasteiger partial charge in [-0.3, -0.25) is 0 Å². The first-order valence-corrected chi connectivity index (χ1v) is 7.54. The smallest absolute Gasteiger partial charge is 0.322 e. The molecule has 0 fully saturated rings. The number of methoxy groups -OCH3 is 1. The number of hydrogen-bond donors (Lipinski definition) is 2. The van der Waals surface area contributed by atoms with Crippen LogP contribution < -0.4 is 15.4 Å². The molecule has 0 atom stereocenters. The first kappa shape index (κ1) is 17.4. The Kier molecular flexibility index (Phi) is 7.74. The lowest BCUT2D eigenvalue weighted by Gasteiger charge is -2.20. The highest BCUT2D eigenvalue weighted by molar-refractivity contribution is 5.35. The van der Waals surface area contributed by atoms with Crippen molar-refractivity contribution in [1.29, 1.82) is 0 Å². The lowest BCUT2D eigenvalue weighted by Crippen LogP contribution is -2.28. The standard InChI is InChI=1S/C14H28N6O/c1-6-8-15-12-17-13(19-14(18-12)21-5)16-9-7-10-20(4)11(2)3/h11H,6-10H2,1-5H3,(H2,15,16,17,18,19). The summed E-state index contributed by atoms with van der Waals surface area (Å²) in [6.45, 7) is 9.15. The minimum absolute atomic E-state index is 0.324. The van der Waals surface area contributed by atoms with Crippen molar-refractivity contribution in [3.8, 4) is 6.01 Å². The van der Waals surface area contributed by atoms with Crippen molar-refractivity contribution in [2.24, 2.45) is 0 Å². The van der Waals surface area contributed by atoms with Gasteiger partial charge in [0.15, 0.2) is 0 Å². The average molecular weight is 296 g/mol. The molecule has 0 bridgehead atoms. The van der Waals surface area contributed by atoms with Crippen LogP contribution in [0.5, 0.6) is 6.01 Å². The fraction of sp³-hybridized carbons (Fsp3) is 0.786. The molecule has 120 valence electrons. The molecule has 1 aromatic rings. The summed E-state index contributed by atoms with van der Waals surface area (Å²) >= 11 is 0. The van der Waals surface area contributed by atoms with Gasteiger partial charge >= 0.3 is 6.01 Å². The first-order chi connectivity index (χ1) is 10.1. The van der Waals surface area contributed by atoms with Gasteiger partial charge in [0.1, 0.15) is 0 Å². The van der Waals surface area contributed by atoms with Crippen molar-refractivity contribution >= 4 is 11.9 Å². The van der Waals surface area contributed by atoms with E-state index in [-0.39, 0.29) is 0 Å². The van der Waals surface area contributed by atoms with E-state index in [2.05, 4.69) is 58.3 Å². The summed E-state index contributed by atoms with van der Waals surface area (Å²) in [6.07, 6.45) is 2.04. The Morgan fingerprint density at radius 1 is 1.10 bits per heavy atom. The Morgan fingerprint density at radius 2 is 1.71 bits per heavy atom. The van der Waals surface area contributed by atoms with Gasteiger partial charge in [-0.25, -0.2) is 0 Å². The van der Waals surface area contributed by atoms with Gasteiger partial charge in [0, 0.05) is 19.1 Å². The van der Waals surface area contributed by atoms with Crippen LogP contribution >= 0.6 is 0 Å². The highest BCUT2D eigenvalue weighted by atomic mass is 16.5. The second-order valence-corrected chi connectivity index (χ2v) is 5.25. The molecule has 2 N–H and O–H groups in total. The molecule has 7 heteroatoms. The molecule has 0 saturated carbocycles. The van der Waals surface area contributed by atoms with Gasteiger partial charge in [-0.2, -0.15) is 15.0 Å². The Balaban J connectivity index is 2.49. The van der Waals surface area contributed by atoms with Crippen molar-refractivity contribution in [3.05, 3.63) is 0 Å². The van der Waals surface area contributed by atoms with Crippen molar-refractivity contribution in [1.82, 2.24) is 19.9 Å². The van der Waals surface area contributed by atoms with E-state index in [1.54, 1.807) is 7.11 Å². The van der Waals surface area contributed by atoms with Crippen LogP contribution in [0.15, 0.2) is 0 Å². The maximum absolute atomic E-state index is 5.10. The zero-order valence-electron chi connectivity index (χ0n) is 13.8. The highest BCUT2D eigenvalue weighted by Crippen LogP contribution is 2.10. The summed E-state index contributed by atoms with van der Waals surface area (Å²) in [4.78, 5) is 15.0. The van der Waals surface area contributed by atoms with Crippen LogP contribution in [0.25, 0.3) is 0 Å². The van der Waals surface area contributed by atoms with E-state index >= 15 is 0 Å². The molecule has 0 unspecified atom stereocenters. The van der Waals surface area contributed by atoms with Gasteiger partial charge in [0.25, 0.3) is 0 Å². The number of anilines is 2. The molecule has 0 aromatic carbocycles. The van der Waals surface area contributed by atoms with E-state index in [1.165, 1.54) is 0 Å². The van der Waals surface area contributed by atoms with Crippen LogP contribution in [-0.2, 0) is 0 Å². The van der Waals surface area contributed by atoms with Gasteiger partial charge in [-0.05, 0) is 40.3 Å². The Labute approximate surface area is 127 Å². The summed E-state index contributed by atoms with van der Waals surface area (Å²) in [5.74, 6) is 1.10. The lowest BCUT2D eigenvalue weighted by atomic mass is 10.3. The molecule has 0 radical (unpaired) electrons. The predicted molar refractivity (Wildman–Crippen MR) is 86.0 cm³/mol. The van der Waals surface area contributed by atoms with E-state index in [0.29, 0.717) is 23.9 Å². The van der Waals surface area contributed by atoms with E-state index in [9.17, 15) is 0 Å². The zero-order valence-corrected chi connectivity index (χ0v) is 13.8. The van der Waals surface area contributed by atoms with Crippen molar-refractivity contribution < 1.29 is 4.74 Å². The minimum Gasteiger partial charge on any atom is -0.467 e. The fourth-order valence-corrected chi connectivity index (χ4v) is 1.63. The molecule has 0 aliphatic carbocycles. The molecule has 1 aromatic heterocycles. The molecule has 1 rings (SSSR count). The first-order valence-electron chi connectivity index (χ1n) is 7.54. The number of aromatic nitrogens is 3. The number of nitrogens with zero attached hydrogens (tertiary/aromatic N) is 4. The number of rotatable bonds is 10. The normalized spacial score (nSPS) is 11.0. The molecular weight excluding hydrogens is 268 g/mol. The third kappa shape index (κ3) is 6.57. The van der Waals surface area contributed by atoms with E-state index in [0.717, 1.165) is 32.5 Å². The second kappa shape index (κ2) is 9.33. The zero-order chi connectivity index (χ0) is 15.7. The maximum Gasteiger partial charge on any atom is 0.322 e. The number of ether oxygens (including phenoxy) is 1. The van der Waals surface area contributed by atoms with Crippen molar-refractivity contribution in [2.45, 2.75) is 39.7 Å². The van der Waals surface area contributed by atoms with Crippen LogP contribution in [0, 0.1) is 0 Å². The van der Waals surface area contributed by atoms with Crippen LogP contribution in [0.4, 0.5) is 11.9 Å². The van der Waals surface area contributed by atoms with Gasteiger partial charge in [0.05, 0.1) is 7.11 Å². The molecule has 0 amide bonds. The largest absolute Gasteiger partial charge is 0.467 e. The average Bonchev–Trinajstić information content (AvgIpc) is 2.48. The molecule has 21 heavy (non-hydrogen) atoms. The quantitative estimate of drug-likeness (QED) is 0.638. The summed E-state index contributed by atoms with van der Waals surface area (Å²) < 4.78 is 5.10. The monoisotopic (exact) mass is 296 g/mol. The van der Waals surface area contributed by atoms with Crippen LogP contribution in [0.1, 0.15) is 33.6 Å². The summed E-state index contributed by atoms with van der Waals surface area (Å²) in [5, 5.41) is 6.36. The van der Waals surface area contributed by atoms with E-state index < -0.39 is 0 Å². The molecule has 0 spiro atoms. The summed E-state index contributed by atoms with van der Waals surface area (Å²) in [6, 6.07) is 0.887. The van der Waals surface area contributed by atoms with Crippen molar-refractivity contribution in [3.63, 3.8) is 0 Å². The predicted octanol–water partition coefficient (Wildman–Crippen LogP) is 1.84. The topological polar surface area (TPSA) is 75.2 Å². The molecule has 0 saturated heterocycles. The molecule has 1 heterocycles. The van der Waals surface area contributed by atoms with Gasteiger partial charge in [0.2, 0.25) is 11.9 Å². The van der Waals surface area contributed by atoms with Gasteiger partial charge < -0.3 is 20.3 Å². The van der Waals surface area contributed by atoms with Crippen LogP contribution in [0.2, 0.25) is 0 Å². The second-order valence-electron chi connectivity index (χ2n) is 5.25. The summed E-state index contributed by atoms with van der Waals surface area (Å²) in [5.41, 5.74) is 0. The van der Waals surface area contributed by atoms with Gasteiger partial charge in [-0.15, -0.1) is 0 Å². The lowest BCUT2D eigenvalue weighted by molar-refractivity contribution is 0.273. The third-order valence-electron chi connectivity index (χ3n) is 3.18. The van der Waals surface area contributed by atoms with E-state index in [1.807, 2.05) is 0 Å². The molecule has 7 nitrogen and oxygen atoms in total. The van der Waals surface area contributed by atoms with E-state index in [4.69, 9.17) is 4.74 Å². The highest BCUT2D eigenvalue weighted by Gasteiger charge is 2.06. The summed E-state index contributed by atoms with van der Waals surface area (Å²) in [7, 11) is 3.68. The minimum atomic E-state index is 0.324. The van der Waals surface area contributed by atoms with Gasteiger partial charge in [-0.1, -0.05) is 6.92 Å². The number of nitrogens with one attached hydrogen (secondary N) is 2. The van der Waals surface area contributed by atoms with Crippen LogP contribution in [0.3, 0.4) is 0 Å². The maximum atomic E-state index is 5.10. The Morgan fingerprint density at radius 3 is 2.24 bits per heavy atom. The fourth-order valence-electron chi connectivity index (χ4n) is 1.63. The SMILES string of the molecule is CCCNc1nc(NCCCN(C)C(C)C)nc(OC)n1. The van der Waals surface area contributed by atoms with Crippen LogP contribution in [-0.4, -0.2) is 59.7 Å². The molecular formula is C14H28N6O. The third-order valence-corrected chi connectivity index (χ3v) is 3.18. The Bertz CT molecular complexity index is 412. The van der Waals surface area contributed by atoms with Crippen molar-refractivity contribution in [2.75, 3.05) is 44.4 Å². The number of hydrogen-bond acceptors (Lipinski definition) is 7. The Hall–Kier alpha value is -1.63.